The Balaban J connectivity index is 0.00000474. The zero-order valence-corrected chi connectivity index (χ0v) is 29.5. The largest absolute Gasteiger partial charge is 0.507 e. The molecule has 0 aliphatic heterocycles. The Bertz CT molecular complexity index is 1110. The van der Waals surface area contributed by atoms with Crippen LogP contribution < -0.4 is 0 Å². The Kier molecular flexibility index (Phi) is 13.3. The van der Waals surface area contributed by atoms with Crippen LogP contribution >= 0.6 is 0 Å². The maximum Gasteiger partial charge on any atom is 0.306 e. The van der Waals surface area contributed by atoms with Gasteiger partial charge < -0.3 is 19.7 Å². The van der Waals surface area contributed by atoms with Crippen molar-refractivity contribution < 1.29 is 29.3 Å². The van der Waals surface area contributed by atoms with Gasteiger partial charge in [-0.2, -0.15) is 0 Å². The van der Waals surface area contributed by atoms with E-state index in [1.54, 1.807) is 0 Å². The van der Waals surface area contributed by atoms with E-state index >= 15 is 0 Å². The van der Waals surface area contributed by atoms with E-state index in [0.717, 1.165) is 33.4 Å². The first kappa shape index (κ1) is 38.7. The number of carbonyl (C=O) groups is 2. The molecule has 0 atom stereocenters. The summed E-state index contributed by atoms with van der Waals surface area (Å²) >= 11 is 0. The average Bonchev–Trinajstić information content (AvgIpc) is 2.88. The third-order valence-corrected chi connectivity index (χ3v) is 7.42. The highest BCUT2D eigenvalue weighted by Crippen LogP contribution is 2.41. The number of rotatable bonds is 9. The van der Waals surface area contributed by atoms with E-state index in [0.29, 0.717) is 24.3 Å². The van der Waals surface area contributed by atoms with Gasteiger partial charge in [-0.1, -0.05) is 107 Å². The maximum absolute atomic E-state index is 12.4. The molecule has 0 aromatic heterocycles. The van der Waals surface area contributed by atoms with Crippen molar-refractivity contribution in [2.45, 2.75) is 130 Å². The summed E-state index contributed by atoms with van der Waals surface area (Å²) in [6, 6.07) is 7.90. The first-order valence-corrected chi connectivity index (χ1v) is 15.6. The molecule has 2 aromatic rings. The molecular weight excluding hydrogens is 552 g/mol. The molecule has 0 amide bonds. The van der Waals surface area contributed by atoms with Crippen molar-refractivity contribution >= 4 is 11.9 Å². The highest BCUT2D eigenvalue weighted by molar-refractivity contribution is 5.71. The molecule has 0 fully saturated rings. The lowest BCUT2D eigenvalue weighted by Gasteiger charge is -2.28. The smallest absolute Gasteiger partial charge is 0.306 e. The predicted molar refractivity (Wildman–Crippen MR) is 181 cm³/mol. The van der Waals surface area contributed by atoms with Crippen LogP contribution in [0.2, 0.25) is 0 Å². The summed E-state index contributed by atoms with van der Waals surface area (Å²) < 4.78 is 10.6. The van der Waals surface area contributed by atoms with Gasteiger partial charge in [0, 0.05) is 12.8 Å². The fraction of sp³-hybridized carbons (Fsp3) is 0.579. The maximum atomic E-state index is 12.4. The quantitative estimate of drug-likeness (QED) is 0.168. The lowest BCUT2D eigenvalue weighted by molar-refractivity contribution is -0.152. The molecule has 6 heteroatoms. The van der Waals surface area contributed by atoms with E-state index < -0.39 is 0 Å². The normalized spacial score (nSPS) is 12.3. The summed E-state index contributed by atoms with van der Waals surface area (Å²) in [7, 11) is 0. The van der Waals surface area contributed by atoms with Crippen molar-refractivity contribution in [1.29, 1.82) is 0 Å². The van der Waals surface area contributed by atoms with Crippen LogP contribution in [0, 0.1) is 0 Å². The Hall–Kier alpha value is -3.28. The molecule has 0 aliphatic carbocycles. The van der Waals surface area contributed by atoms with E-state index in [1.165, 1.54) is 0 Å². The number of carbonyl (C=O) groups excluding carboxylic acids is 2. The molecule has 2 N–H and O–H groups in total. The van der Waals surface area contributed by atoms with Crippen molar-refractivity contribution in [2.75, 3.05) is 13.2 Å². The molecule has 246 valence electrons. The zero-order chi connectivity index (χ0) is 34.3. The predicted octanol–water partition coefficient (Wildman–Crippen LogP) is 8.74. The van der Waals surface area contributed by atoms with Gasteiger partial charge in [0.2, 0.25) is 0 Å². The Morgan fingerprint density at radius 2 is 0.773 bits per heavy atom. The molecule has 44 heavy (non-hydrogen) atoms. The molecule has 0 spiro atoms. The van der Waals surface area contributed by atoms with Crippen LogP contribution in [0.1, 0.15) is 129 Å². The third kappa shape index (κ3) is 11.3. The highest BCUT2D eigenvalue weighted by atomic mass is 16.6. The molecule has 2 aromatic carbocycles. The van der Waals surface area contributed by atoms with Gasteiger partial charge in [-0.25, -0.2) is 0 Å². The minimum Gasteiger partial charge on any atom is -0.507 e. The van der Waals surface area contributed by atoms with E-state index in [4.69, 9.17) is 9.47 Å². The van der Waals surface area contributed by atoms with Gasteiger partial charge in [-0.15, -0.1) is 13.2 Å². The van der Waals surface area contributed by atoms with E-state index in [1.807, 2.05) is 24.3 Å². The van der Waals surface area contributed by atoms with Gasteiger partial charge in [0.15, 0.2) is 0 Å². The van der Waals surface area contributed by atoms with Gasteiger partial charge in [0.1, 0.15) is 24.7 Å². The van der Waals surface area contributed by atoms with Gasteiger partial charge >= 0.3 is 11.9 Å². The van der Waals surface area contributed by atoms with Crippen molar-refractivity contribution in [1.82, 2.24) is 0 Å². The number of aromatic hydroxyl groups is 2. The minimum absolute atomic E-state index is 0.00217. The summed E-state index contributed by atoms with van der Waals surface area (Å²) in [5.74, 6) is -0.0832. The van der Waals surface area contributed by atoms with Crippen LogP contribution in [0.3, 0.4) is 0 Å². The highest BCUT2D eigenvalue weighted by Gasteiger charge is 2.28. The van der Waals surface area contributed by atoms with Gasteiger partial charge in [-0.05, 0) is 67.9 Å². The summed E-state index contributed by atoms with van der Waals surface area (Å²) in [6.45, 7) is 30.7. The van der Waals surface area contributed by atoms with Crippen LogP contribution in [0.4, 0.5) is 0 Å². The van der Waals surface area contributed by atoms with Gasteiger partial charge in [0.05, 0.1) is 0 Å². The molecule has 0 bridgehead atoms. The first-order valence-electron chi connectivity index (χ1n) is 15.6. The number of hydrogen-bond donors (Lipinski definition) is 2. The van der Waals surface area contributed by atoms with Crippen LogP contribution in [0.15, 0.2) is 37.4 Å². The first-order chi connectivity index (χ1) is 20.0. The molecule has 0 saturated heterocycles. The standard InChI is InChI=1S/C36H54O6.C2H4/c1-33(2,3)25-19-23(20-26(31(25)39)34(4,5)6)13-15-29(37)41-17-18-42-30(38)16-14-24-21-27(35(7,8)9)32(40)28(22-24)36(10,11)12;1-2/h19-22,39-40H,13-18H2,1-12H3;1-2H2. The summed E-state index contributed by atoms with van der Waals surface area (Å²) in [5.41, 5.74) is 4.45. The second-order valence-electron chi connectivity index (χ2n) is 15.5. The van der Waals surface area contributed by atoms with E-state index in [2.05, 4.69) is 96.2 Å². The topological polar surface area (TPSA) is 93.1 Å². The Morgan fingerprint density at radius 3 is 0.977 bits per heavy atom. The number of hydrogen-bond acceptors (Lipinski definition) is 6. The van der Waals surface area contributed by atoms with Crippen LogP contribution in [0.25, 0.3) is 0 Å². The van der Waals surface area contributed by atoms with Crippen molar-refractivity contribution in [3.05, 3.63) is 70.8 Å². The number of phenols is 2. The number of aryl methyl sites for hydroxylation is 2. The van der Waals surface area contributed by atoms with E-state index in [-0.39, 0.29) is 59.7 Å². The molecule has 2 rings (SSSR count). The van der Waals surface area contributed by atoms with Crippen LogP contribution in [-0.2, 0) is 53.6 Å². The monoisotopic (exact) mass is 610 g/mol. The second kappa shape index (κ2) is 15.1. The Morgan fingerprint density at radius 1 is 0.545 bits per heavy atom. The van der Waals surface area contributed by atoms with Gasteiger partial charge in [-0.3, -0.25) is 9.59 Å². The number of benzene rings is 2. The summed E-state index contributed by atoms with van der Waals surface area (Å²) in [4.78, 5) is 24.8. The summed E-state index contributed by atoms with van der Waals surface area (Å²) in [6.07, 6.45) is 1.37. The van der Waals surface area contributed by atoms with Crippen LogP contribution in [-0.4, -0.2) is 35.4 Å². The number of phenolic OH excluding ortho intramolecular Hbond substituents is 2. The molecule has 0 saturated carbocycles. The molecule has 6 nitrogen and oxygen atoms in total. The van der Waals surface area contributed by atoms with Crippen molar-refractivity contribution in [3.63, 3.8) is 0 Å². The minimum atomic E-state index is -0.359. The fourth-order valence-corrected chi connectivity index (χ4v) is 4.91. The van der Waals surface area contributed by atoms with Crippen molar-refractivity contribution in [2.24, 2.45) is 0 Å². The van der Waals surface area contributed by atoms with Gasteiger partial charge in [0.25, 0.3) is 0 Å². The van der Waals surface area contributed by atoms with E-state index in [9.17, 15) is 19.8 Å². The lowest BCUT2D eigenvalue weighted by Crippen LogP contribution is -2.18. The zero-order valence-electron chi connectivity index (χ0n) is 29.5. The SMILES string of the molecule is C=C.CC(C)(C)c1cc(CCC(=O)OCCOC(=O)CCc2cc(C(C)(C)C)c(O)c(C(C)(C)C)c2)cc(C(C)(C)C)c1O. The molecule has 0 radical (unpaired) electrons. The molecule has 0 unspecified atom stereocenters. The second-order valence-corrected chi connectivity index (χ2v) is 15.5. The average molecular weight is 611 g/mol. The van der Waals surface area contributed by atoms with Crippen molar-refractivity contribution in [3.8, 4) is 11.5 Å². The fourth-order valence-electron chi connectivity index (χ4n) is 4.91. The number of ether oxygens (including phenoxy) is 2. The van der Waals surface area contributed by atoms with Crippen LogP contribution in [0.5, 0.6) is 11.5 Å². The molecule has 0 aliphatic rings. The summed E-state index contributed by atoms with van der Waals surface area (Å²) in [5, 5.41) is 21.8. The molecular formula is C38H58O6. The Labute approximate surface area is 266 Å². The molecule has 0 heterocycles. The lowest BCUT2D eigenvalue weighted by atomic mass is 9.78. The third-order valence-electron chi connectivity index (χ3n) is 7.42. The number of esters is 2.